The molecule has 2 saturated heterocycles. The summed E-state index contributed by atoms with van der Waals surface area (Å²) in [5.41, 5.74) is 2.96. The SMILES string of the molecule is COc1ccc(COc2cc(N3CCOCC3)cc(N3CCCC3(CO)Cc3ccccc3)n2)cc1. The first-order valence-corrected chi connectivity index (χ1v) is 12.7. The first kappa shape index (κ1) is 24.4. The molecule has 0 amide bonds. The van der Waals surface area contributed by atoms with Gasteiger partial charge in [0.2, 0.25) is 5.88 Å². The van der Waals surface area contributed by atoms with Gasteiger partial charge in [-0.1, -0.05) is 42.5 Å². The molecule has 2 aromatic carbocycles. The van der Waals surface area contributed by atoms with Crippen LogP contribution in [0.3, 0.4) is 0 Å². The number of aliphatic hydroxyl groups is 1. The van der Waals surface area contributed by atoms with E-state index in [1.807, 2.05) is 36.4 Å². The zero-order valence-electron chi connectivity index (χ0n) is 20.9. The summed E-state index contributed by atoms with van der Waals surface area (Å²) < 4.78 is 17.1. The van der Waals surface area contributed by atoms with Crippen molar-refractivity contribution in [2.24, 2.45) is 0 Å². The maximum absolute atomic E-state index is 10.7. The van der Waals surface area contributed by atoms with E-state index < -0.39 is 0 Å². The molecule has 1 atom stereocenters. The highest BCUT2D eigenvalue weighted by molar-refractivity contribution is 5.60. The Kier molecular flexibility index (Phi) is 7.58. The number of nitrogens with zero attached hydrogens (tertiary/aromatic N) is 3. The third-order valence-electron chi connectivity index (χ3n) is 7.24. The number of pyridine rings is 1. The zero-order chi connectivity index (χ0) is 24.8. The molecule has 0 radical (unpaired) electrons. The highest BCUT2D eigenvalue weighted by atomic mass is 16.5. The van der Waals surface area contributed by atoms with Crippen molar-refractivity contribution in [1.82, 2.24) is 4.98 Å². The Labute approximate surface area is 213 Å². The van der Waals surface area contributed by atoms with E-state index in [1.54, 1.807) is 7.11 Å². The molecule has 0 bridgehead atoms. The third kappa shape index (κ3) is 5.42. The largest absolute Gasteiger partial charge is 0.497 e. The molecule has 0 aliphatic carbocycles. The molecule has 0 saturated carbocycles. The summed E-state index contributed by atoms with van der Waals surface area (Å²) in [7, 11) is 1.66. The molecule has 1 aromatic heterocycles. The number of hydrogen-bond donors (Lipinski definition) is 1. The number of methoxy groups -OCH3 is 1. The molecule has 1 N–H and O–H groups in total. The Hall–Kier alpha value is -3.29. The minimum atomic E-state index is -0.384. The Bertz CT molecular complexity index is 1120. The number of aromatic nitrogens is 1. The van der Waals surface area contributed by atoms with E-state index in [4.69, 9.17) is 19.2 Å². The van der Waals surface area contributed by atoms with Crippen LogP contribution in [0.1, 0.15) is 24.0 Å². The van der Waals surface area contributed by atoms with E-state index in [-0.39, 0.29) is 12.1 Å². The van der Waals surface area contributed by atoms with Gasteiger partial charge in [-0.15, -0.1) is 0 Å². The van der Waals surface area contributed by atoms with E-state index in [0.29, 0.717) is 25.7 Å². The fraction of sp³-hybridized carbons (Fsp3) is 0.414. The van der Waals surface area contributed by atoms with Crippen LogP contribution in [0, 0.1) is 0 Å². The van der Waals surface area contributed by atoms with Crippen molar-refractivity contribution in [1.29, 1.82) is 0 Å². The van der Waals surface area contributed by atoms with Gasteiger partial charge in [0.25, 0.3) is 0 Å². The highest BCUT2D eigenvalue weighted by Crippen LogP contribution is 2.38. The lowest BCUT2D eigenvalue weighted by atomic mass is 9.89. The summed E-state index contributed by atoms with van der Waals surface area (Å²) in [4.78, 5) is 9.57. The van der Waals surface area contributed by atoms with E-state index in [2.05, 4.69) is 40.1 Å². The van der Waals surface area contributed by atoms with E-state index in [1.165, 1.54) is 5.56 Å². The van der Waals surface area contributed by atoms with Crippen molar-refractivity contribution in [2.45, 2.75) is 31.4 Å². The molecule has 2 aliphatic rings. The number of anilines is 2. The smallest absolute Gasteiger partial charge is 0.217 e. The standard InChI is InChI=1S/C29H35N3O4/c1-34-26-10-8-24(9-11-26)21-36-28-19-25(31-14-16-35-17-15-31)18-27(30-28)32-13-5-12-29(32,22-33)20-23-6-3-2-4-7-23/h2-4,6-11,18-19,33H,5,12-17,20-22H2,1H3. The van der Waals surface area contributed by atoms with Gasteiger partial charge in [-0.25, -0.2) is 0 Å². The second-order valence-electron chi connectivity index (χ2n) is 9.56. The minimum Gasteiger partial charge on any atom is -0.497 e. The fourth-order valence-electron chi connectivity index (χ4n) is 5.25. The molecule has 3 heterocycles. The van der Waals surface area contributed by atoms with Gasteiger partial charge in [-0.05, 0) is 42.5 Å². The van der Waals surface area contributed by atoms with E-state index >= 15 is 0 Å². The fourth-order valence-corrected chi connectivity index (χ4v) is 5.25. The Morgan fingerprint density at radius 3 is 2.47 bits per heavy atom. The van der Waals surface area contributed by atoms with Crippen LogP contribution >= 0.6 is 0 Å². The summed E-state index contributed by atoms with van der Waals surface area (Å²) in [5, 5.41) is 10.7. The van der Waals surface area contributed by atoms with Crippen LogP contribution in [-0.4, -0.2) is 62.2 Å². The molecular weight excluding hydrogens is 454 g/mol. The van der Waals surface area contributed by atoms with Crippen molar-refractivity contribution in [3.63, 3.8) is 0 Å². The molecule has 2 aliphatic heterocycles. The van der Waals surface area contributed by atoms with Crippen LogP contribution in [0.15, 0.2) is 66.7 Å². The molecular formula is C29H35N3O4. The van der Waals surface area contributed by atoms with Crippen LogP contribution in [0.25, 0.3) is 0 Å². The molecule has 1 unspecified atom stereocenters. The van der Waals surface area contributed by atoms with E-state index in [9.17, 15) is 5.11 Å². The van der Waals surface area contributed by atoms with Crippen LogP contribution < -0.4 is 19.3 Å². The summed E-state index contributed by atoms with van der Waals surface area (Å²) in [6, 6.07) is 22.5. The van der Waals surface area contributed by atoms with E-state index in [0.717, 1.165) is 61.7 Å². The Morgan fingerprint density at radius 1 is 0.972 bits per heavy atom. The van der Waals surface area contributed by atoms with Crippen LogP contribution in [-0.2, 0) is 17.8 Å². The average Bonchev–Trinajstić information content (AvgIpc) is 3.37. The molecule has 7 heteroatoms. The Morgan fingerprint density at radius 2 is 1.75 bits per heavy atom. The molecule has 0 spiro atoms. The van der Waals surface area contributed by atoms with Crippen molar-refractivity contribution in [3.05, 3.63) is 77.9 Å². The third-order valence-corrected chi connectivity index (χ3v) is 7.24. The number of aliphatic hydroxyl groups excluding tert-OH is 1. The predicted molar refractivity (Wildman–Crippen MR) is 141 cm³/mol. The van der Waals surface area contributed by atoms with Gasteiger partial charge < -0.3 is 29.1 Å². The first-order chi connectivity index (χ1) is 17.7. The van der Waals surface area contributed by atoms with Crippen molar-refractivity contribution in [2.75, 3.05) is 56.4 Å². The number of ether oxygens (including phenoxy) is 3. The van der Waals surface area contributed by atoms with Crippen LogP contribution in [0.5, 0.6) is 11.6 Å². The molecule has 36 heavy (non-hydrogen) atoms. The van der Waals surface area contributed by atoms with Crippen molar-refractivity contribution in [3.8, 4) is 11.6 Å². The quantitative estimate of drug-likeness (QED) is 0.486. The van der Waals surface area contributed by atoms with Gasteiger partial charge in [0.05, 0.1) is 32.5 Å². The molecule has 7 nitrogen and oxygen atoms in total. The van der Waals surface area contributed by atoms with Gasteiger partial charge in [0.15, 0.2) is 0 Å². The molecule has 2 fully saturated rings. The number of rotatable bonds is 9. The molecule has 190 valence electrons. The van der Waals surface area contributed by atoms with Crippen molar-refractivity contribution < 1.29 is 19.3 Å². The molecule has 3 aromatic rings. The Balaban J connectivity index is 1.44. The second-order valence-corrected chi connectivity index (χ2v) is 9.56. The maximum atomic E-state index is 10.7. The number of hydrogen-bond acceptors (Lipinski definition) is 7. The summed E-state index contributed by atoms with van der Waals surface area (Å²) >= 11 is 0. The van der Waals surface area contributed by atoms with Gasteiger partial charge in [0.1, 0.15) is 18.2 Å². The zero-order valence-corrected chi connectivity index (χ0v) is 20.9. The minimum absolute atomic E-state index is 0.0768. The van der Waals surface area contributed by atoms with Gasteiger partial charge in [0, 0.05) is 37.5 Å². The first-order valence-electron chi connectivity index (χ1n) is 12.7. The summed E-state index contributed by atoms with van der Waals surface area (Å²) in [5.74, 6) is 2.26. The lowest BCUT2D eigenvalue weighted by Gasteiger charge is -2.39. The van der Waals surface area contributed by atoms with Gasteiger partial charge in [-0.2, -0.15) is 4.98 Å². The van der Waals surface area contributed by atoms with Gasteiger partial charge in [-0.3, -0.25) is 0 Å². The lowest BCUT2D eigenvalue weighted by molar-refractivity contribution is 0.122. The number of benzene rings is 2. The monoisotopic (exact) mass is 489 g/mol. The average molecular weight is 490 g/mol. The van der Waals surface area contributed by atoms with Crippen molar-refractivity contribution >= 4 is 11.5 Å². The summed E-state index contributed by atoms with van der Waals surface area (Å²) in [6.45, 7) is 4.42. The molecule has 5 rings (SSSR count). The topological polar surface area (TPSA) is 67.3 Å². The van der Waals surface area contributed by atoms with Gasteiger partial charge >= 0.3 is 0 Å². The second kappa shape index (κ2) is 11.2. The maximum Gasteiger partial charge on any atom is 0.217 e. The lowest BCUT2D eigenvalue weighted by Crippen LogP contribution is -2.49. The van der Waals surface area contributed by atoms with Crippen LogP contribution in [0.2, 0.25) is 0 Å². The van der Waals surface area contributed by atoms with Crippen LogP contribution in [0.4, 0.5) is 11.5 Å². The summed E-state index contributed by atoms with van der Waals surface area (Å²) in [6.07, 6.45) is 2.71. The highest BCUT2D eigenvalue weighted by Gasteiger charge is 2.41. The predicted octanol–water partition coefficient (Wildman–Crippen LogP) is 4.08. The number of morpholine rings is 1. The normalized spacial score (nSPS) is 19.9.